The second kappa shape index (κ2) is 12.2. The Labute approximate surface area is 223 Å². The van der Waals surface area contributed by atoms with E-state index in [4.69, 9.17) is 22.8 Å². The van der Waals surface area contributed by atoms with Gasteiger partial charge < -0.3 is 15.4 Å². The largest absolute Gasteiger partial charge is 0.444 e. The van der Waals surface area contributed by atoms with Crippen LogP contribution in [0.2, 0.25) is 5.02 Å². The summed E-state index contributed by atoms with van der Waals surface area (Å²) in [5, 5.41) is 5.68. The number of ether oxygens (including phenoxy) is 1. The summed E-state index contributed by atoms with van der Waals surface area (Å²) in [7, 11) is 0. The average molecular weight is 530 g/mol. The van der Waals surface area contributed by atoms with E-state index in [-0.39, 0.29) is 5.75 Å². The first-order valence-corrected chi connectivity index (χ1v) is 12.3. The first kappa shape index (κ1) is 29.1. The number of anilines is 1. The normalized spacial score (nSPS) is 12.6. The molecular weight excluding hydrogens is 498 g/mol. The lowest BCUT2D eigenvalue weighted by molar-refractivity contribution is -0.136. The monoisotopic (exact) mass is 529 g/mol. The minimum Gasteiger partial charge on any atom is -0.444 e. The number of alkyl carbamates (subject to hydrolysis) is 1. The molecule has 3 amide bonds. The molecule has 2 rings (SSSR count). The number of aryl methyl sites for hydroxylation is 3. The van der Waals surface area contributed by atoms with Gasteiger partial charge in [0, 0.05) is 11.8 Å². The van der Waals surface area contributed by atoms with Crippen LogP contribution in [0.25, 0.3) is 0 Å². The molecule has 0 aliphatic carbocycles. The molecule has 0 aliphatic heterocycles. The molecule has 0 aliphatic rings. The van der Waals surface area contributed by atoms with Gasteiger partial charge in [-0.3, -0.25) is 14.5 Å². The molecule has 192 valence electrons. The number of nitrogens with one attached hydrogen (secondary N) is 2. The number of halogens is 1. The summed E-state index contributed by atoms with van der Waals surface area (Å²) in [5.41, 5.74) is 2.57. The van der Waals surface area contributed by atoms with E-state index in [0.29, 0.717) is 16.3 Å². The van der Waals surface area contributed by atoms with Crippen molar-refractivity contribution in [3.8, 4) is 12.5 Å². The Hall–Kier alpha value is -3.15. The van der Waals surface area contributed by atoms with E-state index in [0.717, 1.165) is 21.6 Å². The van der Waals surface area contributed by atoms with Crippen LogP contribution in [0.1, 0.15) is 49.1 Å². The van der Waals surface area contributed by atoms with Gasteiger partial charge in [-0.25, -0.2) is 4.79 Å². The maximum absolute atomic E-state index is 13.7. The first-order chi connectivity index (χ1) is 16.8. The van der Waals surface area contributed by atoms with E-state index in [9.17, 15) is 14.4 Å². The number of thiol groups is 1. The van der Waals surface area contributed by atoms with E-state index in [1.807, 2.05) is 26.0 Å². The van der Waals surface area contributed by atoms with Crippen molar-refractivity contribution in [1.82, 2.24) is 10.2 Å². The van der Waals surface area contributed by atoms with E-state index < -0.39 is 35.6 Å². The van der Waals surface area contributed by atoms with Gasteiger partial charge >= 0.3 is 6.09 Å². The summed E-state index contributed by atoms with van der Waals surface area (Å²) in [6.07, 6.45) is 5.00. The van der Waals surface area contributed by atoms with E-state index in [2.05, 4.69) is 29.3 Å². The quantitative estimate of drug-likeness (QED) is 0.262. The van der Waals surface area contributed by atoms with Crippen LogP contribution in [-0.2, 0) is 14.3 Å². The summed E-state index contributed by atoms with van der Waals surface area (Å²) >= 11 is 10.6. The number of carbonyl (C=O) groups is 3. The van der Waals surface area contributed by atoms with E-state index in [1.54, 1.807) is 52.0 Å². The minimum atomic E-state index is -1.21. The zero-order valence-electron chi connectivity index (χ0n) is 21.3. The van der Waals surface area contributed by atoms with Gasteiger partial charge in [0.2, 0.25) is 0 Å². The zero-order chi connectivity index (χ0) is 27.2. The third kappa shape index (κ3) is 7.42. The van der Waals surface area contributed by atoms with Crippen LogP contribution in [0.15, 0.2) is 36.4 Å². The minimum absolute atomic E-state index is 0.0684. The van der Waals surface area contributed by atoms with Crippen LogP contribution in [0.4, 0.5) is 10.5 Å². The van der Waals surface area contributed by atoms with Crippen molar-refractivity contribution in [2.45, 2.75) is 59.2 Å². The molecule has 2 aromatic carbocycles. The summed E-state index contributed by atoms with van der Waals surface area (Å²) in [6.45, 7) is 10.6. The molecule has 0 aromatic heterocycles. The number of carbonyl (C=O) groups excluding carboxylic acids is 3. The summed E-state index contributed by atoms with van der Waals surface area (Å²) < 4.78 is 5.27. The smallest absolute Gasteiger partial charge is 0.408 e. The highest BCUT2D eigenvalue weighted by atomic mass is 35.5. The van der Waals surface area contributed by atoms with Crippen molar-refractivity contribution in [1.29, 1.82) is 0 Å². The van der Waals surface area contributed by atoms with Crippen LogP contribution in [0.3, 0.4) is 0 Å². The SMILES string of the molecule is C#CN(C(=O)C(CS)NC(=O)OC(C)(C)C)C(C(=O)Nc1c(C)cccc1Cl)c1cc(C)ccc1C. The lowest BCUT2D eigenvalue weighted by Gasteiger charge is -2.31. The van der Waals surface area contributed by atoms with Gasteiger partial charge in [0.25, 0.3) is 11.8 Å². The van der Waals surface area contributed by atoms with Crippen molar-refractivity contribution in [3.05, 3.63) is 63.7 Å². The molecule has 0 spiro atoms. The highest BCUT2D eigenvalue weighted by Gasteiger charge is 2.36. The number of terminal acetylenes is 1. The van der Waals surface area contributed by atoms with E-state index in [1.165, 1.54) is 0 Å². The van der Waals surface area contributed by atoms with Gasteiger partial charge in [-0.05, 0) is 64.3 Å². The molecule has 2 atom stereocenters. The van der Waals surface area contributed by atoms with Gasteiger partial charge in [-0.2, -0.15) is 12.6 Å². The summed E-state index contributed by atoms with van der Waals surface area (Å²) in [4.78, 5) is 40.6. The number of para-hydroxylation sites is 1. The molecule has 7 nitrogen and oxygen atoms in total. The molecule has 0 saturated carbocycles. The number of hydrogen-bond acceptors (Lipinski definition) is 5. The predicted molar refractivity (Wildman–Crippen MR) is 146 cm³/mol. The van der Waals surface area contributed by atoms with E-state index >= 15 is 0 Å². The summed E-state index contributed by atoms with van der Waals surface area (Å²) in [6, 6.07) is 10.8. The number of rotatable bonds is 7. The Morgan fingerprint density at radius 3 is 2.36 bits per heavy atom. The molecule has 0 saturated heterocycles. The van der Waals surface area contributed by atoms with Gasteiger partial charge in [0.15, 0.2) is 0 Å². The first-order valence-electron chi connectivity index (χ1n) is 11.3. The molecule has 2 unspecified atom stereocenters. The predicted octanol–water partition coefficient (Wildman–Crippen LogP) is 5.19. The maximum Gasteiger partial charge on any atom is 0.408 e. The van der Waals surface area contributed by atoms with Gasteiger partial charge in [0.1, 0.15) is 17.7 Å². The molecular formula is C27H32ClN3O4S. The van der Waals surface area contributed by atoms with Gasteiger partial charge in [0.05, 0.1) is 10.7 Å². The molecule has 0 fully saturated rings. The Morgan fingerprint density at radius 2 is 1.81 bits per heavy atom. The van der Waals surface area contributed by atoms with Gasteiger partial charge in [-0.15, -0.1) is 0 Å². The van der Waals surface area contributed by atoms with Crippen LogP contribution in [-0.4, -0.2) is 40.2 Å². The highest BCUT2D eigenvalue weighted by molar-refractivity contribution is 7.80. The Balaban J connectivity index is 2.51. The summed E-state index contributed by atoms with van der Waals surface area (Å²) in [5.74, 6) is -1.31. The molecule has 36 heavy (non-hydrogen) atoms. The number of amides is 3. The van der Waals surface area contributed by atoms with Crippen LogP contribution in [0, 0.1) is 33.2 Å². The standard InChI is InChI=1S/C27H32ClN3O4S/c1-8-31(25(33)21(15-36)29-26(34)35-27(5,6)7)23(19-14-16(2)12-13-17(19)3)24(32)30-22-18(4)10-9-11-20(22)28/h1,9-14,21,23,36H,15H2,2-7H3,(H,29,34)(H,30,32). The topological polar surface area (TPSA) is 87.7 Å². The highest BCUT2D eigenvalue weighted by Crippen LogP contribution is 2.30. The average Bonchev–Trinajstić information content (AvgIpc) is 2.78. The second-order valence-corrected chi connectivity index (χ2v) is 10.2. The molecule has 2 N–H and O–H groups in total. The number of benzene rings is 2. The lowest BCUT2D eigenvalue weighted by Crippen LogP contribution is -2.51. The van der Waals surface area contributed by atoms with Gasteiger partial charge in [-0.1, -0.05) is 53.9 Å². The van der Waals surface area contributed by atoms with Crippen molar-refractivity contribution < 1.29 is 19.1 Å². The van der Waals surface area contributed by atoms with Crippen molar-refractivity contribution in [3.63, 3.8) is 0 Å². The fourth-order valence-corrected chi connectivity index (χ4v) is 4.02. The Kier molecular flexibility index (Phi) is 9.85. The lowest BCUT2D eigenvalue weighted by atomic mass is 9.96. The third-order valence-corrected chi connectivity index (χ3v) is 5.93. The van der Waals surface area contributed by atoms with Crippen LogP contribution < -0.4 is 10.6 Å². The second-order valence-electron chi connectivity index (χ2n) is 9.40. The fourth-order valence-electron chi connectivity index (χ4n) is 3.50. The Morgan fingerprint density at radius 1 is 1.14 bits per heavy atom. The molecule has 2 aromatic rings. The van der Waals surface area contributed by atoms with Crippen LogP contribution >= 0.6 is 24.2 Å². The van der Waals surface area contributed by atoms with Crippen molar-refractivity contribution in [2.75, 3.05) is 11.1 Å². The van der Waals surface area contributed by atoms with Crippen molar-refractivity contribution in [2.24, 2.45) is 0 Å². The number of hydrogen-bond donors (Lipinski definition) is 3. The number of nitrogens with zero attached hydrogens (tertiary/aromatic N) is 1. The molecule has 0 radical (unpaired) electrons. The molecule has 0 heterocycles. The maximum atomic E-state index is 13.7. The van der Waals surface area contributed by atoms with Crippen LogP contribution in [0.5, 0.6) is 0 Å². The molecule has 0 bridgehead atoms. The Bertz CT molecular complexity index is 1170. The zero-order valence-corrected chi connectivity index (χ0v) is 23.0. The van der Waals surface area contributed by atoms with Crippen molar-refractivity contribution >= 4 is 47.8 Å². The molecule has 9 heteroatoms. The fraction of sp³-hybridized carbons (Fsp3) is 0.370. The third-order valence-electron chi connectivity index (χ3n) is 5.25.